The van der Waals surface area contributed by atoms with E-state index in [2.05, 4.69) is 20.9 Å². The van der Waals surface area contributed by atoms with Gasteiger partial charge in [-0.05, 0) is 35.0 Å². The molecule has 0 aliphatic carbocycles. The molecule has 2 rings (SSSR count). The van der Waals surface area contributed by atoms with Gasteiger partial charge in [-0.25, -0.2) is 9.78 Å². The van der Waals surface area contributed by atoms with Crippen molar-refractivity contribution in [2.45, 2.75) is 6.92 Å². The molecule has 0 bridgehead atoms. The molecule has 0 fully saturated rings. The molecule has 0 amide bonds. The van der Waals surface area contributed by atoms with Crippen LogP contribution in [0.2, 0.25) is 0 Å². The fourth-order valence-corrected chi connectivity index (χ4v) is 2.95. The van der Waals surface area contributed by atoms with E-state index >= 15 is 0 Å². The van der Waals surface area contributed by atoms with Gasteiger partial charge >= 0.3 is 5.97 Å². The lowest BCUT2D eigenvalue weighted by atomic mass is 10.3. The summed E-state index contributed by atoms with van der Waals surface area (Å²) >= 11 is 4.86. The number of carbonyl (C=O) groups is 1. The van der Waals surface area contributed by atoms with Gasteiger partial charge in [0.2, 0.25) is 0 Å². The zero-order valence-corrected chi connectivity index (χ0v) is 11.1. The van der Waals surface area contributed by atoms with Crippen LogP contribution in [0.5, 0.6) is 0 Å². The Morgan fingerprint density at radius 1 is 1.56 bits per heavy atom. The Morgan fingerprint density at radius 3 is 2.75 bits per heavy atom. The Balaban J connectivity index is 2.67. The van der Waals surface area contributed by atoms with Crippen LogP contribution in [0, 0.1) is 6.92 Å². The number of hydrogen-bond donors (Lipinski definition) is 1. The summed E-state index contributed by atoms with van der Waals surface area (Å²) < 4.78 is 2.76. The largest absolute Gasteiger partial charge is 0.476 e. The maximum absolute atomic E-state index is 11.1. The first kappa shape index (κ1) is 11.3. The number of carboxylic acid groups (broad SMARTS) is 1. The van der Waals surface area contributed by atoms with E-state index in [1.807, 2.05) is 19.2 Å². The topological polar surface area (TPSA) is 55.1 Å². The van der Waals surface area contributed by atoms with Gasteiger partial charge in [-0.2, -0.15) is 0 Å². The van der Waals surface area contributed by atoms with Gasteiger partial charge in [-0.15, -0.1) is 11.3 Å². The van der Waals surface area contributed by atoms with Crippen LogP contribution >= 0.6 is 27.3 Å². The zero-order valence-electron chi connectivity index (χ0n) is 8.69. The molecule has 84 valence electrons. The summed E-state index contributed by atoms with van der Waals surface area (Å²) in [6.07, 6.45) is 0. The van der Waals surface area contributed by atoms with Gasteiger partial charge in [0.15, 0.2) is 5.69 Å². The Labute approximate surface area is 105 Å². The van der Waals surface area contributed by atoms with Crippen LogP contribution < -0.4 is 0 Å². The molecular formula is C10H9BrN2O2S. The van der Waals surface area contributed by atoms with Crippen molar-refractivity contribution in [1.82, 2.24) is 9.55 Å². The van der Waals surface area contributed by atoms with E-state index < -0.39 is 5.97 Å². The van der Waals surface area contributed by atoms with E-state index in [4.69, 9.17) is 5.11 Å². The van der Waals surface area contributed by atoms with Crippen molar-refractivity contribution in [2.24, 2.45) is 7.05 Å². The van der Waals surface area contributed by atoms with Gasteiger partial charge in [-0.1, -0.05) is 0 Å². The highest BCUT2D eigenvalue weighted by Gasteiger charge is 2.20. The van der Waals surface area contributed by atoms with Crippen molar-refractivity contribution >= 4 is 33.2 Å². The molecule has 0 saturated carbocycles. The molecular weight excluding hydrogens is 292 g/mol. The first-order valence-electron chi connectivity index (χ1n) is 4.53. The summed E-state index contributed by atoms with van der Waals surface area (Å²) in [6.45, 7) is 1.79. The van der Waals surface area contributed by atoms with Gasteiger partial charge in [0.05, 0.1) is 14.4 Å². The first-order valence-corrected chi connectivity index (χ1v) is 6.14. The van der Waals surface area contributed by atoms with Crippen molar-refractivity contribution in [2.75, 3.05) is 0 Å². The Kier molecular flexibility index (Phi) is 2.86. The monoisotopic (exact) mass is 300 g/mol. The Hall–Kier alpha value is -1.14. The molecule has 2 aromatic rings. The van der Waals surface area contributed by atoms with Crippen LogP contribution in [0.3, 0.4) is 0 Å². The number of rotatable bonds is 2. The van der Waals surface area contributed by atoms with Gasteiger partial charge in [0.1, 0.15) is 5.82 Å². The number of nitrogens with zero attached hydrogens (tertiary/aromatic N) is 2. The fourth-order valence-electron chi connectivity index (χ4n) is 1.48. The molecule has 0 aromatic carbocycles. The highest BCUT2D eigenvalue weighted by atomic mass is 79.9. The first-order chi connectivity index (χ1) is 7.50. The summed E-state index contributed by atoms with van der Waals surface area (Å²) in [4.78, 5) is 16.0. The maximum Gasteiger partial charge on any atom is 0.356 e. The average molecular weight is 301 g/mol. The second kappa shape index (κ2) is 4.03. The van der Waals surface area contributed by atoms with Gasteiger partial charge in [0, 0.05) is 7.05 Å². The number of halogens is 1. The van der Waals surface area contributed by atoms with Crippen molar-refractivity contribution < 1.29 is 9.90 Å². The predicted octanol–water partition coefficient (Wildman–Crippen LogP) is 2.92. The van der Waals surface area contributed by atoms with E-state index in [0.29, 0.717) is 11.5 Å². The molecule has 0 saturated heterocycles. The second-order valence-electron chi connectivity index (χ2n) is 3.32. The van der Waals surface area contributed by atoms with Gasteiger partial charge in [0.25, 0.3) is 0 Å². The number of imidazole rings is 1. The standard InChI is InChI=1S/C10H9BrN2O2S/c1-5-12-8(10(14)15)9(13(5)2)6-3-4-7(11)16-6/h3-4H,1-2H3,(H,14,15). The molecule has 1 N–H and O–H groups in total. The molecule has 0 aliphatic rings. The van der Waals surface area contributed by atoms with E-state index in [-0.39, 0.29) is 5.69 Å². The summed E-state index contributed by atoms with van der Waals surface area (Å²) in [5.74, 6) is -0.305. The third kappa shape index (κ3) is 1.78. The Bertz CT molecular complexity index is 559. The highest BCUT2D eigenvalue weighted by Crippen LogP contribution is 2.33. The predicted molar refractivity (Wildman–Crippen MR) is 65.9 cm³/mol. The molecule has 0 radical (unpaired) electrons. The molecule has 0 unspecified atom stereocenters. The van der Waals surface area contributed by atoms with E-state index in [9.17, 15) is 4.79 Å². The van der Waals surface area contributed by atoms with Crippen LogP contribution in [0.25, 0.3) is 10.6 Å². The third-order valence-corrected chi connectivity index (χ3v) is 3.96. The minimum atomic E-state index is -0.997. The smallest absolute Gasteiger partial charge is 0.356 e. The number of hydrogen-bond acceptors (Lipinski definition) is 3. The van der Waals surface area contributed by atoms with E-state index in [0.717, 1.165) is 8.66 Å². The molecule has 0 atom stereocenters. The molecule has 16 heavy (non-hydrogen) atoms. The number of aryl methyl sites for hydroxylation is 1. The van der Waals surface area contributed by atoms with Crippen LogP contribution in [-0.2, 0) is 7.05 Å². The minimum Gasteiger partial charge on any atom is -0.476 e. The van der Waals surface area contributed by atoms with E-state index in [1.165, 1.54) is 11.3 Å². The van der Waals surface area contributed by atoms with Crippen LogP contribution in [0.1, 0.15) is 16.3 Å². The highest BCUT2D eigenvalue weighted by molar-refractivity contribution is 9.11. The number of carboxylic acids is 1. The van der Waals surface area contributed by atoms with Crippen molar-refractivity contribution in [3.8, 4) is 10.6 Å². The number of aromatic carboxylic acids is 1. The maximum atomic E-state index is 11.1. The lowest BCUT2D eigenvalue weighted by Gasteiger charge is -2.01. The molecule has 0 aliphatic heterocycles. The number of aromatic nitrogens is 2. The Morgan fingerprint density at radius 2 is 2.25 bits per heavy atom. The third-order valence-electron chi connectivity index (χ3n) is 2.33. The second-order valence-corrected chi connectivity index (χ2v) is 5.79. The summed E-state index contributed by atoms with van der Waals surface area (Å²) in [5, 5.41) is 9.09. The van der Waals surface area contributed by atoms with Crippen molar-refractivity contribution in [3.05, 3.63) is 27.4 Å². The van der Waals surface area contributed by atoms with Crippen LogP contribution in [-0.4, -0.2) is 20.6 Å². The zero-order chi connectivity index (χ0) is 11.9. The molecule has 2 heterocycles. The van der Waals surface area contributed by atoms with Crippen LogP contribution in [0.15, 0.2) is 15.9 Å². The van der Waals surface area contributed by atoms with Crippen molar-refractivity contribution in [3.63, 3.8) is 0 Å². The van der Waals surface area contributed by atoms with Crippen LogP contribution in [0.4, 0.5) is 0 Å². The molecule has 4 nitrogen and oxygen atoms in total. The summed E-state index contributed by atoms with van der Waals surface area (Å²) in [7, 11) is 1.82. The molecule has 2 aromatic heterocycles. The minimum absolute atomic E-state index is 0.106. The lowest BCUT2D eigenvalue weighted by molar-refractivity contribution is 0.0692. The van der Waals surface area contributed by atoms with Crippen molar-refractivity contribution in [1.29, 1.82) is 0 Å². The van der Waals surface area contributed by atoms with Gasteiger partial charge in [-0.3, -0.25) is 0 Å². The molecule has 0 spiro atoms. The summed E-state index contributed by atoms with van der Waals surface area (Å²) in [5.41, 5.74) is 0.759. The quantitative estimate of drug-likeness (QED) is 0.928. The lowest BCUT2D eigenvalue weighted by Crippen LogP contribution is -2.00. The van der Waals surface area contributed by atoms with E-state index in [1.54, 1.807) is 11.5 Å². The SMILES string of the molecule is Cc1nc(C(=O)O)c(-c2ccc(Br)s2)n1C. The summed E-state index contributed by atoms with van der Waals surface area (Å²) in [6, 6.07) is 3.78. The average Bonchev–Trinajstić information content (AvgIpc) is 2.73. The fraction of sp³-hybridized carbons (Fsp3) is 0.200. The molecule has 6 heteroatoms. The van der Waals surface area contributed by atoms with Gasteiger partial charge < -0.3 is 9.67 Å². The normalized spacial score (nSPS) is 10.7. The number of thiophene rings is 1.